The molecule has 2 nitrogen and oxygen atoms in total. The van der Waals surface area contributed by atoms with Crippen LogP contribution >= 0.6 is 0 Å². The van der Waals surface area contributed by atoms with Crippen LogP contribution in [0, 0.1) is 28.1 Å². The van der Waals surface area contributed by atoms with Gasteiger partial charge in [-0.05, 0) is 55.3 Å². The maximum absolute atomic E-state index is 9.11. The minimum Gasteiger partial charge on any atom is -0.299 e. The average Bonchev–Trinajstić information content (AvgIpc) is 2.27. The minimum atomic E-state index is 0.324. The molecule has 2 heteroatoms. The van der Waals surface area contributed by atoms with Crippen molar-refractivity contribution in [1.82, 2.24) is 4.90 Å². The Hall–Kier alpha value is -0.550. The predicted molar refractivity (Wildman–Crippen MR) is 77.6 cm³/mol. The van der Waals surface area contributed by atoms with Crippen LogP contribution in [-0.2, 0) is 0 Å². The molecule has 0 atom stereocenters. The Balaban J connectivity index is 1.53. The molecule has 2 aliphatic carbocycles. The van der Waals surface area contributed by atoms with Crippen molar-refractivity contribution >= 4 is 0 Å². The van der Waals surface area contributed by atoms with Gasteiger partial charge in [0.05, 0.1) is 6.07 Å². The molecule has 1 spiro atoms. The second-order valence-corrected chi connectivity index (χ2v) is 7.84. The summed E-state index contributed by atoms with van der Waals surface area (Å²) in [5.41, 5.74) is 1.09. The van der Waals surface area contributed by atoms with E-state index in [4.69, 9.17) is 5.26 Å². The zero-order chi connectivity index (χ0) is 13.5. The van der Waals surface area contributed by atoms with Crippen LogP contribution < -0.4 is 0 Å². The molecule has 19 heavy (non-hydrogen) atoms. The lowest BCUT2D eigenvalue weighted by Gasteiger charge is -2.60. The molecule has 1 aliphatic heterocycles. The van der Waals surface area contributed by atoms with E-state index in [0.29, 0.717) is 11.3 Å². The molecule has 3 fully saturated rings. The van der Waals surface area contributed by atoms with E-state index in [2.05, 4.69) is 24.8 Å². The summed E-state index contributed by atoms with van der Waals surface area (Å²) in [6.07, 6.45) is 10.4. The van der Waals surface area contributed by atoms with Gasteiger partial charge in [0.1, 0.15) is 0 Å². The van der Waals surface area contributed by atoms with Gasteiger partial charge >= 0.3 is 0 Å². The number of nitriles is 1. The number of hydrogen-bond donors (Lipinski definition) is 0. The zero-order valence-corrected chi connectivity index (χ0v) is 12.6. The van der Waals surface area contributed by atoms with Crippen molar-refractivity contribution in [2.75, 3.05) is 13.1 Å². The first-order valence-corrected chi connectivity index (χ1v) is 8.20. The first kappa shape index (κ1) is 13.4. The van der Waals surface area contributed by atoms with Gasteiger partial charge < -0.3 is 0 Å². The molecule has 0 aromatic rings. The molecule has 0 bridgehead atoms. The van der Waals surface area contributed by atoms with E-state index < -0.39 is 0 Å². The van der Waals surface area contributed by atoms with Crippen molar-refractivity contribution in [3.63, 3.8) is 0 Å². The third-order valence-electron chi connectivity index (χ3n) is 6.61. The zero-order valence-electron chi connectivity index (χ0n) is 12.6. The molecule has 0 N–H and O–H groups in total. The molecule has 0 radical (unpaired) electrons. The van der Waals surface area contributed by atoms with Gasteiger partial charge in [0, 0.05) is 25.6 Å². The SMILES string of the molecule is CC(C)[C@]1(CC#N)CC[C@@H](N2CC3(CCC3)C2)CC1. The fourth-order valence-electron chi connectivity index (χ4n) is 4.72. The Morgan fingerprint density at radius 1 is 1.16 bits per heavy atom. The van der Waals surface area contributed by atoms with E-state index in [0.717, 1.165) is 17.9 Å². The van der Waals surface area contributed by atoms with E-state index in [1.165, 1.54) is 58.0 Å². The van der Waals surface area contributed by atoms with Gasteiger partial charge in [0.25, 0.3) is 0 Å². The highest BCUT2D eigenvalue weighted by atomic mass is 15.2. The van der Waals surface area contributed by atoms with Gasteiger partial charge in [-0.25, -0.2) is 0 Å². The normalized spacial score (nSPS) is 37.7. The van der Waals surface area contributed by atoms with Crippen molar-refractivity contribution in [1.29, 1.82) is 5.26 Å². The Morgan fingerprint density at radius 2 is 1.79 bits per heavy atom. The highest BCUT2D eigenvalue weighted by Crippen LogP contribution is 2.52. The summed E-state index contributed by atoms with van der Waals surface area (Å²) in [5.74, 6) is 0.655. The molecule has 0 aromatic heterocycles. The summed E-state index contributed by atoms with van der Waals surface area (Å²) < 4.78 is 0. The van der Waals surface area contributed by atoms with Gasteiger partial charge in [-0.2, -0.15) is 5.26 Å². The predicted octanol–water partition coefficient (Wildman–Crippen LogP) is 3.97. The lowest BCUT2D eigenvalue weighted by molar-refractivity contribution is -0.0982. The summed E-state index contributed by atoms with van der Waals surface area (Å²) >= 11 is 0. The molecule has 1 saturated heterocycles. The molecule has 3 rings (SSSR count). The molecule has 0 aromatic carbocycles. The highest BCUT2D eigenvalue weighted by molar-refractivity contribution is 5.04. The monoisotopic (exact) mass is 260 g/mol. The van der Waals surface area contributed by atoms with E-state index in [9.17, 15) is 0 Å². The van der Waals surface area contributed by atoms with Gasteiger partial charge in [0.15, 0.2) is 0 Å². The van der Waals surface area contributed by atoms with Crippen molar-refractivity contribution in [3.05, 3.63) is 0 Å². The summed E-state index contributed by atoms with van der Waals surface area (Å²) in [6.45, 7) is 7.38. The van der Waals surface area contributed by atoms with Crippen LogP contribution in [0.5, 0.6) is 0 Å². The molecule has 1 heterocycles. The largest absolute Gasteiger partial charge is 0.299 e. The van der Waals surface area contributed by atoms with Crippen LogP contribution in [0.25, 0.3) is 0 Å². The summed E-state index contributed by atoms with van der Waals surface area (Å²) in [7, 11) is 0. The summed E-state index contributed by atoms with van der Waals surface area (Å²) in [4.78, 5) is 2.75. The Kier molecular flexibility index (Phi) is 3.38. The van der Waals surface area contributed by atoms with Crippen LogP contribution in [0.2, 0.25) is 0 Å². The lowest BCUT2D eigenvalue weighted by atomic mass is 9.60. The molecule has 3 aliphatic rings. The molecule has 0 unspecified atom stereocenters. The second kappa shape index (κ2) is 4.77. The van der Waals surface area contributed by atoms with Crippen LogP contribution in [0.3, 0.4) is 0 Å². The molecule has 2 saturated carbocycles. The topological polar surface area (TPSA) is 27.0 Å². The van der Waals surface area contributed by atoms with Gasteiger partial charge in [-0.3, -0.25) is 4.90 Å². The quantitative estimate of drug-likeness (QED) is 0.767. The van der Waals surface area contributed by atoms with Crippen molar-refractivity contribution in [2.45, 2.75) is 71.3 Å². The number of rotatable bonds is 3. The fraction of sp³-hybridized carbons (Fsp3) is 0.941. The average molecular weight is 260 g/mol. The number of nitrogens with zero attached hydrogens (tertiary/aromatic N) is 2. The Bertz CT molecular complexity index is 359. The first-order valence-electron chi connectivity index (χ1n) is 8.20. The number of likely N-dealkylation sites (tertiary alicyclic amines) is 1. The Labute approximate surface area is 118 Å². The van der Waals surface area contributed by atoms with E-state index in [-0.39, 0.29) is 0 Å². The maximum Gasteiger partial charge on any atom is 0.0627 e. The third kappa shape index (κ3) is 2.21. The van der Waals surface area contributed by atoms with Crippen molar-refractivity contribution in [3.8, 4) is 6.07 Å². The third-order valence-corrected chi connectivity index (χ3v) is 6.61. The molecular weight excluding hydrogens is 232 g/mol. The van der Waals surface area contributed by atoms with E-state index in [1.807, 2.05) is 0 Å². The standard InChI is InChI=1S/C17H28N2/c1-14(2)17(10-11-18)8-4-15(5-9-17)19-12-16(13-19)6-3-7-16/h14-15H,3-10,12-13H2,1-2H3/t15-,17-. The van der Waals surface area contributed by atoms with Crippen LogP contribution in [-0.4, -0.2) is 24.0 Å². The molecular formula is C17H28N2. The number of hydrogen-bond acceptors (Lipinski definition) is 2. The molecule has 0 amide bonds. The second-order valence-electron chi connectivity index (χ2n) is 7.84. The first-order chi connectivity index (χ1) is 9.09. The minimum absolute atomic E-state index is 0.324. The van der Waals surface area contributed by atoms with Crippen LogP contribution in [0.15, 0.2) is 0 Å². The summed E-state index contributed by atoms with van der Waals surface area (Å²) in [6, 6.07) is 3.28. The van der Waals surface area contributed by atoms with Crippen LogP contribution in [0.4, 0.5) is 0 Å². The lowest BCUT2D eigenvalue weighted by Crippen LogP contribution is -2.63. The van der Waals surface area contributed by atoms with E-state index >= 15 is 0 Å². The van der Waals surface area contributed by atoms with Gasteiger partial charge in [-0.15, -0.1) is 0 Å². The maximum atomic E-state index is 9.11. The fourth-order valence-corrected chi connectivity index (χ4v) is 4.72. The van der Waals surface area contributed by atoms with E-state index in [1.54, 1.807) is 0 Å². The van der Waals surface area contributed by atoms with Crippen molar-refractivity contribution < 1.29 is 0 Å². The smallest absolute Gasteiger partial charge is 0.0627 e. The van der Waals surface area contributed by atoms with Gasteiger partial charge in [-0.1, -0.05) is 20.3 Å². The Morgan fingerprint density at radius 3 is 2.21 bits per heavy atom. The summed E-state index contributed by atoms with van der Waals surface area (Å²) in [5, 5.41) is 9.11. The van der Waals surface area contributed by atoms with Gasteiger partial charge in [0.2, 0.25) is 0 Å². The van der Waals surface area contributed by atoms with Crippen molar-refractivity contribution in [2.24, 2.45) is 16.7 Å². The highest BCUT2D eigenvalue weighted by Gasteiger charge is 2.50. The van der Waals surface area contributed by atoms with Crippen LogP contribution in [0.1, 0.15) is 65.2 Å². The molecule has 106 valence electrons.